The molecule has 0 aromatic heterocycles. The maximum atomic E-state index is 13.4. The Kier molecular flexibility index (Phi) is 7.64. The van der Waals surface area contributed by atoms with Gasteiger partial charge in [0, 0.05) is 18.7 Å². The van der Waals surface area contributed by atoms with Crippen molar-refractivity contribution in [3.63, 3.8) is 0 Å². The molecule has 6 nitrogen and oxygen atoms in total. The monoisotopic (exact) mass is 331 g/mol. The Labute approximate surface area is 136 Å². The molecule has 0 spiro atoms. The topological polar surface area (TPSA) is 73.9 Å². The molecule has 1 fully saturated rings. The number of carbonyl (C=O) groups is 2. The van der Waals surface area contributed by atoms with Crippen molar-refractivity contribution < 1.29 is 28.2 Å². The van der Waals surface area contributed by atoms with Gasteiger partial charge < -0.3 is 19.5 Å². The lowest BCUT2D eigenvalue weighted by Gasteiger charge is -2.27. The van der Waals surface area contributed by atoms with Gasteiger partial charge in [-0.15, -0.1) is 0 Å². The second-order valence-corrected chi connectivity index (χ2v) is 6.39. The molecule has 3 atom stereocenters. The number of ether oxygens (including phenoxy) is 3. The van der Waals surface area contributed by atoms with Crippen LogP contribution in [0.3, 0.4) is 0 Å². The highest BCUT2D eigenvalue weighted by atomic mass is 19.1. The molecule has 7 heteroatoms. The second kappa shape index (κ2) is 8.98. The van der Waals surface area contributed by atoms with Gasteiger partial charge >= 0.3 is 11.9 Å². The average Bonchev–Trinajstić information content (AvgIpc) is 2.86. The molecule has 0 aromatic carbocycles. The van der Waals surface area contributed by atoms with Gasteiger partial charge in [-0.3, -0.25) is 0 Å². The molecule has 1 aliphatic heterocycles. The molecule has 1 N–H and O–H groups in total. The Morgan fingerprint density at radius 3 is 2.61 bits per heavy atom. The Morgan fingerprint density at radius 2 is 2.09 bits per heavy atom. The Hall–Kier alpha value is -1.47. The quantitative estimate of drug-likeness (QED) is 0.433. The highest BCUT2D eigenvalue weighted by molar-refractivity contribution is 5.81. The first-order valence-corrected chi connectivity index (χ1v) is 7.69. The molecule has 132 valence electrons. The lowest BCUT2D eigenvalue weighted by atomic mass is 10.1. The summed E-state index contributed by atoms with van der Waals surface area (Å²) < 4.78 is 28.8. The first-order valence-electron chi connectivity index (χ1n) is 7.69. The number of hydrogen-bond acceptors (Lipinski definition) is 6. The molecule has 0 saturated carbocycles. The maximum absolute atomic E-state index is 13.4. The minimum atomic E-state index is -0.993. The van der Waals surface area contributed by atoms with E-state index in [1.807, 2.05) is 0 Å². The van der Waals surface area contributed by atoms with E-state index in [2.05, 4.69) is 10.1 Å². The van der Waals surface area contributed by atoms with E-state index in [9.17, 15) is 14.0 Å². The van der Waals surface area contributed by atoms with Crippen LogP contribution >= 0.6 is 0 Å². The Balaban J connectivity index is 2.56. The van der Waals surface area contributed by atoms with Gasteiger partial charge in [-0.05, 0) is 33.6 Å². The molecule has 23 heavy (non-hydrogen) atoms. The van der Waals surface area contributed by atoms with Crippen molar-refractivity contribution >= 4 is 11.9 Å². The highest BCUT2D eigenvalue weighted by Crippen LogP contribution is 2.19. The van der Waals surface area contributed by atoms with E-state index in [-0.39, 0.29) is 19.6 Å². The second-order valence-electron chi connectivity index (χ2n) is 6.39. The van der Waals surface area contributed by atoms with Crippen molar-refractivity contribution in [1.82, 2.24) is 5.32 Å². The van der Waals surface area contributed by atoms with Crippen LogP contribution in [0, 0.1) is 0 Å². The van der Waals surface area contributed by atoms with Gasteiger partial charge in [0.2, 0.25) is 0 Å². The van der Waals surface area contributed by atoms with Crippen molar-refractivity contribution in [2.75, 3.05) is 20.3 Å². The van der Waals surface area contributed by atoms with Crippen LogP contribution < -0.4 is 5.32 Å². The van der Waals surface area contributed by atoms with Crippen molar-refractivity contribution in [3.05, 3.63) is 12.2 Å². The molecule has 1 heterocycles. The molecular formula is C16H26FNO5. The number of rotatable bonds is 7. The van der Waals surface area contributed by atoms with Crippen LogP contribution in [0.5, 0.6) is 0 Å². The van der Waals surface area contributed by atoms with Gasteiger partial charge in [0.25, 0.3) is 0 Å². The van der Waals surface area contributed by atoms with Gasteiger partial charge in [-0.2, -0.15) is 0 Å². The smallest absolute Gasteiger partial charge is 0.337 e. The number of methoxy groups -OCH3 is 1. The highest BCUT2D eigenvalue weighted by Gasteiger charge is 2.37. The molecule has 0 amide bonds. The summed E-state index contributed by atoms with van der Waals surface area (Å²) >= 11 is 0. The predicted molar refractivity (Wildman–Crippen MR) is 82.7 cm³/mol. The molecule has 0 aliphatic carbocycles. The van der Waals surface area contributed by atoms with Crippen molar-refractivity contribution in [2.24, 2.45) is 0 Å². The summed E-state index contributed by atoms with van der Waals surface area (Å²) in [7, 11) is 1.29. The lowest BCUT2D eigenvalue weighted by molar-refractivity contribution is -0.170. The van der Waals surface area contributed by atoms with Gasteiger partial charge in [0.05, 0.1) is 13.7 Å². The van der Waals surface area contributed by atoms with Crippen LogP contribution in [0.4, 0.5) is 4.39 Å². The number of halogens is 1. The molecule has 0 aromatic rings. The molecule has 0 radical (unpaired) electrons. The zero-order valence-corrected chi connectivity index (χ0v) is 14.1. The largest absolute Gasteiger partial charge is 0.466 e. The van der Waals surface area contributed by atoms with Crippen molar-refractivity contribution in [3.8, 4) is 0 Å². The van der Waals surface area contributed by atoms with Crippen LogP contribution in [0.25, 0.3) is 0 Å². The summed E-state index contributed by atoms with van der Waals surface area (Å²) in [5.74, 6) is -0.965. The van der Waals surface area contributed by atoms with E-state index in [1.54, 1.807) is 26.8 Å². The van der Waals surface area contributed by atoms with E-state index in [0.717, 1.165) is 0 Å². The Morgan fingerprint density at radius 1 is 1.39 bits per heavy atom. The number of esters is 2. The van der Waals surface area contributed by atoms with Gasteiger partial charge in [0.1, 0.15) is 11.8 Å². The van der Waals surface area contributed by atoms with E-state index >= 15 is 0 Å². The number of hydrogen-bond donors (Lipinski definition) is 1. The third kappa shape index (κ3) is 7.56. The van der Waals surface area contributed by atoms with Crippen LogP contribution in [0.2, 0.25) is 0 Å². The minimum Gasteiger partial charge on any atom is -0.466 e. The fourth-order valence-corrected chi connectivity index (χ4v) is 2.17. The average molecular weight is 331 g/mol. The van der Waals surface area contributed by atoms with Crippen LogP contribution in [-0.2, 0) is 23.8 Å². The standard InChI is InChI=1S/C16H26FNO5/c1-16(2,3)23-15(20)14(12-9-11(17)10-18-12)22-8-6-5-7-13(19)21-4/h5,7,11-12,14,18H,6,8-10H2,1-4H3/t11-,12-,14?/m0/s1. The van der Waals surface area contributed by atoms with Gasteiger partial charge in [-0.1, -0.05) is 6.08 Å². The van der Waals surface area contributed by atoms with E-state index in [4.69, 9.17) is 9.47 Å². The minimum absolute atomic E-state index is 0.204. The number of alkyl halides is 1. The lowest BCUT2D eigenvalue weighted by Crippen LogP contribution is -2.45. The fraction of sp³-hybridized carbons (Fsp3) is 0.750. The summed E-state index contributed by atoms with van der Waals surface area (Å²) in [6.45, 7) is 5.71. The third-order valence-electron chi connectivity index (χ3n) is 3.15. The summed E-state index contributed by atoms with van der Waals surface area (Å²) in [4.78, 5) is 23.2. The number of nitrogens with one attached hydrogen (secondary N) is 1. The van der Waals surface area contributed by atoms with E-state index < -0.39 is 35.9 Å². The SMILES string of the molecule is COC(=O)C=CCCOC(C(=O)OC(C)(C)C)[C@@H]1C[C@H](F)CN1. The van der Waals surface area contributed by atoms with Gasteiger partial charge in [0.15, 0.2) is 6.10 Å². The Bertz CT molecular complexity index is 433. The molecule has 1 rings (SSSR count). The van der Waals surface area contributed by atoms with Crippen molar-refractivity contribution in [2.45, 2.75) is 57.5 Å². The third-order valence-corrected chi connectivity index (χ3v) is 3.15. The normalized spacial score (nSPS) is 23.0. The summed E-state index contributed by atoms with van der Waals surface area (Å²) in [5, 5.41) is 2.95. The van der Waals surface area contributed by atoms with E-state index in [0.29, 0.717) is 6.42 Å². The van der Waals surface area contributed by atoms with Crippen LogP contribution in [-0.4, -0.2) is 56.1 Å². The van der Waals surface area contributed by atoms with Gasteiger partial charge in [-0.25, -0.2) is 14.0 Å². The predicted octanol–water partition coefficient (Wildman–Crippen LogP) is 1.53. The maximum Gasteiger partial charge on any atom is 0.337 e. The van der Waals surface area contributed by atoms with Crippen LogP contribution in [0.1, 0.15) is 33.6 Å². The zero-order chi connectivity index (χ0) is 17.5. The summed E-state index contributed by atoms with van der Waals surface area (Å²) in [6, 6.07) is -0.413. The molecule has 0 bridgehead atoms. The first kappa shape index (κ1) is 19.6. The first-order chi connectivity index (χ1) is 10.7. The number of carbonyl (C=O) groups excluding carboxylic acids is 2. The van der Waals surface area contributed by atoms with E-state index in [1.165, 1.54) is 13.2 Å². The molecule has 1 unspecified atom stereocenters. The summed E-state index contributed by atoms with van der Waals surface area (Å²) in [6.07, 6.45) is 1.66. The zero-order valence-electron chi connectivity index (χ0n) is 14.1. The van der Waals surface area contributed by atoms with Crippen LogP contribution in [0.15, 0.2) is 12.2 Å². The molecule has 1 aliphatic rings. The van der Waals surface area contributed by atoms with Crippen molar-refractivity contribution in [1.29, 1.82) is 0 Å². The molecular weight excluding hydrogens is 305 g/mol. The summed E-state index contributed by atoms with van der Waals surface area (Å²) in [5.41, 5.74) is -0.642. The molecule has 1 saturated heterocycles. The fourth-order valence-electron chi connectivity index (χ4n) is 2.17.